The number of carboxylic acids is 1. The van der Waals surface area contributed by atoms with Crippen molar-refractivity contribution < 1.29 is 24.3 Å². The molecule has 0 fully saturated rings. The zero-order chi connectivity index (χ0) is 10.3. The van der Waals surface area contributed by atoms with Crippen LogP contribution in [0, 0.1) is 0 Å². The summed E-state index contributed by atoms with van der Waals surface area (Å²) in [6.45, 7) is 0.829. The van der Waals surface area contributed by atoms with E-state index in [-0.39, 0.29) is 12.5 Å². The number of hydrogen-bond donors (Lipinski definition) is 5. The second-order valence-corrected chi connectivity index (χ2v) is 4.82. The van der Waals surface area contributed by atoms with Gasteiger partial charge in [-0.3, -0.25) is 4.79 Å². The third-order valence-corrected chi connectivity index (χ3v) is 2.41. The number of hydrogen-bond acceptors (Lipinski definition) is 5. The predicted octanol–water partition coefficient (Wildman–Crippen LogP) is -1.64. The molecule has 0 aliphatic rings. The van der Waals surface area contributed by atoms with Crippen LogP contribution < -0.4 is 5.32 Å². The van der Waals surface area contributed by atoms with Gasteiger partial charge < -0.3 is 24.8 Å². The lowest BCUT2D eigenvalue weighted by molar-refractivity contribution is -0.136. The molecule has 6 nitrogen and oxygen atoms in total. The van der Waals surface area contributed by atoms with Crippen LogP contribution in [0.15, 0.2) is 0 Å². The quantitative estimate of drug-likeness (QED) is 0.254. The fourth-order valence-electron chi connectivity index (χ4n) is 0.771. The SMILES string of the molecule is O=C(O)CCNCCC[Si](O)(O)O. The van der Waals surface area contributed by atoms with Gasteiger partial charge in [0.2, 0.25) is 0 Å². The van der Waals surface area contributed by atoms with E-state index in [2.05, 4.69) is 5.32 Å². The van der Waals surface area contributed by atoms with Gasteiger partial charge in [0.25, 0.3) is 0 Å². The molecule has 5 N–H and O–H groups in total. The first-order chi connectivity index (χ1) is 5.92. The smallest absolute Gasteiger partial charge is 0.481 e. The molecule has 0 saturated carbocycles. The van der Waals surface area contributed by atoms with Crippen LogP contribution in [0.3, 0.4) is 0 Å². The van der Waals surface area contributed by atoms with Gasteiger partial charge in [-0.1, -0.05) is 0 Å². The van der Waals surface area contributed by atoms with E-state index in [4.69, 9.17) is 19.5 Å². The first-order valence-corrected chi connectivity index (χ1v) is 6.06. The van der Waals surface area contributed by atoms with Crippen LogP contribution in [0.4, 0.5) is 0 Å². The van der Waals surface area contributed by atoms with E-state index in [0.717, 1.165) is 0 Å². The highest BCUT2D eigenvalue weighted by molar-refractivity contribution is 6.56. The lowest BCUT2D eigenvalue weighted by atomic mass is 10.4. The summed E-state index contributed by atoms with van der Waals surface area (Å²) >= 11 is 0. The van der Waals surface area contributed by atoms with Crippen molar-refractivity contribution in [1.29, 1.82) is 0 Å². The molecule has 0 aliphatic heterocycles. The summed E-state index contributed by atoms with van der Waals surface area (Å²) in [6.07, 6.45) is 0.468. The summed E-state index contributed by atoms with van der Waals surface area (Å²) in [4.78, 5) is 35.8. The maximum Gasteiger partial charge on any atom is 0.492 e. The van der Waals surface area contributed by atoms with Crippen LogP contribution in [0.1, 0.15) is 12.8 Å². The number of nitrogens with one attached hydrogen (secondary N) is 1. The van der Waals surface area contributed by atoms with Crippen molar-refractivity contribution >= 4 is 14.8 Å². The molecule has 0 spiro atoms. The molecule has 0 aromatic heterocycles. The van der Waals surface area contributed by atoms with E-state index in [1.807, 2.05) is 0 Å². The Labute approximate surface area is 77.2 Å². The van der Waals surface area contributed by atoms with Crippen LogP contribution in [-0.4, -0.2) is 47.4 Å². The predicted molar refractivity (Wildman–Crippen MR) is 47.0 cm³/mol. The minimum Gasteiger partial charge on any atom is -0.481 e. The molecule has 0 aliphatic carbocycles. The van der Waals surface area contributed by atoms with E-state index in [1.54, 1.807) is 0 Å². The number of aliphatic carboxylic acids is 1. The number of carbonyl (C=O) groups is 1. The summed E-state index contributed by atoms with van der Waals surface area (Å²) in [5.74, 6) is -0.873. The van der Waals surface area contributed by atoms with Crippen molar-refractivity contribution in [1.82, 2.24) is 5.32 Å². The van der Waals surface area contributed by atoms with Gasteiger partial charge in [0.1, 0.15) is 0 Å². The average molecular weight is 209 g/mol. The highest BCUT2D eigenvalue weighted by Crippen LogP contribution is 1.99. The third kappa shape index (κ3) is 11.5. The molecule has 0 atom stereocenters. The van der Waals surface area contributed by atoms with E-state index in [0.29, 0.717) is 19.5 Å². The van der Waals surface area contributed by atoms with Crippen molar-refractivity contribution in [3.05, 3.63) is 0 Å². The summed E-state index contributed by atoms with van der Waals surface area (Å²) in [6, 6.07) is -0.0208. The molecule has 0 radical (unpaired) electrons. The van der Waals surface area contributed by atoms with Crippen LogP contribution in [0.25, 0.3) is 0 Å². The zero-order valence-corrected chi connectivity index (χ0v) is 8.23. The Bertz CT molecular complexity index is 158. The van der Waals surface area contributed by atoms with Crippen molar-refractivity contribution in [3.63, 3.8) is 0 Å². The summed E-state index contributed by atoms with van der Waals surface area (Å²) in [5, 5.41) is 11.0. The molecule has 0 unspecified atom stereocenters. The molecule has 0 heterocycles. The standard InChI is InChI=1S/C6H15NO5Si/c8-6(9)2-4-7-3-1-5-13(10,11)12/h7,10-12H,1-5H2,(H,8,9). The molecule has 0 bridgehead atoms. The maximum atomic E-state index is 10.0. The van der Waals surface area contributed by atoms with Crippen LogP contribution in [0.5, 0.6) is 0 Å². The maximum absolute atomic E-state index is 10.0. The molecule has 0 amide bonds. The molecule has 13 heavy (non-hydrogen) atoms. The van der Waals surface area contributed by atoms with Crippen molar-refractivity contribution in [2.45, 2.75) is 18.9 Å². The van der Waals surface area contributed by atoms with E-state index in [9.17, 15) is 4.79 Å². The number of carboxylic acid groups (broad SMARTS) is 1. The highest BCUT2D eigenvalue weighted by Gasteiger charge is 2.25. The molecule has 0 aromatic rings. The van der Waals surface area contributed by atoms with Gasteiger partial charge in [0, 0.05) is 12.6 Å². The highest BCUT2D eigenvalue weighted by atomic mass is 28.4. The van der Waals surface area contributed by atoms with Crippen molar-refractivity contribution in [3.8, 4) is 0 Å². The lowest BCUT2D eigenvalue weighted by Crippen LogP contribution is -2.35. The Morgan fingerprint density at radius 1 is 1.23 bits per heavy atom. The Hall–Kier alpha value is -0.473. The van der Waals surface area contributed by atoms with E-state index >= 15 is 0 Å². The normalized spacial score (nSPS) is 11.6. The minimum absolute atomic E-state index is 0.0208. The fraction of sp³-hybridized carbons (Fsp3) is 0.833. The molecular formula is C6H15NO5Si. The van der Waals surface area contributed by atoms with Crippen molar-refractivity contribution in [2.75, 3.05) is 13.1 Å². The second kappa shape index (κ2) is 6.05. The van der Waals surface area contributed by atoms with Crippen LogP contribution >= 0.6 is 0 Å². The molecule has 7 heteroatoms. The zero-order valence-electron chi connectivity index (χ0n) is 7.23. The third-order valence-electron chi connectivity index (χ3n) is 1.38. The van der Waals surface area contributed by atoms with Gasteiger partial charge >= 0.3 is 14.8 Å². The van der Waals surface area contributed by atoms with E-state index in [1.165, 1.54) is 0 Å². The van der Waals surface area contributed by atoms with Crippen molar-refractivity contribution in [2.24, 2.45) is 0 Å². The lowest BCUT2D eigenvalue weighted by Gasteiger charge is -2.08. The summed E-state index contributed by atoms with van der Waals surface area (Å²) < 4.78 is 0. The van der Waals surface area contributed by atoms with Gasteiger partial charge in [-0.2, -0.15) is 0 Å². The Kier molecular flexibility index (Phi) is 5.83. The first-order valence-electron chi connectivity index (χ1n) is 4.01. The van der Waals surface area contributed by atoms with Gasteiger partial charge in [-0.15, -0.1) is 0 Å². The molecule has 0 rings (SSSR count). The van der Waals surface area contributed by atoms with Gasteiger partial charge in [0.15, 0.2) is 0 Å². The molecule has 0 aromatic carbocycles. The van der Waals surface area contributed by atoms with E-state index < -0.39 is 14.8 Å². The first kappa shape index (κ1) is 12.5. The van der Waals surface area contributed by atoms with Crippen LogP contribution in [0.2, 0.25) is 6.04 Å². The second-order valence-electron chi connectivity index (χ2n) is 2.77. The topological polar surface area (TPSA) is 110 Å². The fourth-order valence-corrected chi connectivity index (χ4v) is 1.42. The average Bonchev–Trinajstić information content (AvgIpc) is 1.93. The Morgan fingerprint density at radius 2 is 1.85 bits per heavy atom. The number of rotatable bonds is 7. The summed E-state index contributed by atoms with van der Waals surface area (Å²) in [7, 11) is -3.90. The molecule has 78 valence electrons. The largest absolute Gasteiger partial charge is 0.492 e. The van der Waals surface area contributed by atoms with Gasteiger partial charge in [-0.25, -0.2) is 0 Å². The Morgan fingerprint density at radius 3 is 2.31 bits per heavy atom. The molecule has 0 saturated heterocycles. The monoisotopic (exact) mass is 209 g/mol. The summed E-state index contributed by atoms with van der Waals surface area (Å²) in [5.41, 5.74) is 0. The Balaban J connectivity index is 3.13. The van der Waals surface area contributed by atoms with Gasteiger partial charge in [0.05, 0.1) is 6.42 Å². The molecular weight excluding hydrogens is 194 g/mol. The minimum atomic E-state index is -3.90. The van der Waals surface area contributed by atoms with Crippen LogP contribution in [-0.2, 0) is 4.79 Å². The van der Waals surface area contributed by atoms with Gasteiger partial charge in [-0.05, 0) is 13.0 Å².